The molecule has 0 unspecified atom stereocenters. The molecule has 0 aromatic heterocycles. The van der Waals surface area contributed by atoms with Crippen molar-refractivity contribution < 1.29 is 6.48 Å². The Labute approximate surface area is 55.7 Å². The van der Waals surface area contributed by atoms with E-state index in [4.69, 9.17) is 6.48 Å². The van der Waals surface area contributed by atoms with E-state index in [1.807, 2.05) is 6.07 Å². The molecule has 1 rings (SSSR count). The van der Waals surface area contributed by atoms with Gasteiger partial charge in [0, 0.05) is 5.56 Å². The van der Waals surface area contributed by atoms with Crippen LogP contribution in [0.2, 0.25) is 0 Å². The number of hydrogen-bond donors (Lipinski definition) is 1. The Morgan fingerprint density at radius 2 is 2.33 bits per heavy atom. The molecule has 1 heteroatoms. The maximum Gasteiger partial charge on any atom is 0.122 e. The van der Waals surface area contributed by atoms with E-state index in [1.165, 1.54) is 6.08 Å². The molecule has 0 heterocycles. The summed E-state index contributed by atoms with van der Waals surface area (Å²) in [5.41, 5.74) is 0.678. The first-order chi connectivity index (χ1) is 4.84. The normalized spacial score (nSPS) is 11.8. The maximum atomic E-state index is 9.11. The van der Waals surface area contributed by atoms with E-state index < -0.39 is 0 Å². The van der Waals surface area contributed by atoms with Crippen LogP contribution in [0.4, 0.5) is 0 Å². The largest absolute Gasteiger partial charge is 0.507 e. The Morgan fingerprint density at radius 3 is 3.00 bits per heavy atom. The highest BCUT2D eigenvalue weighted by Crippen LogP contribution is 2.15. The van der Waals surface area contributed by atoms with Gasteiger partial charge in [-0.3, -0.25) is 0 Å². The molecule has 0 radical (unpaired) electrons. The predicted octanol–water partition coefficient (Wildman–Crippen LogP) is 2.04. The lowest BCUT2D eigenvalue weighted by Crippen LogP contribution is -1.69. The molecule has 1 nitrogen and oxygen atoms in total. The second-order valence-corrected chi connectivity index (χ2v) is 1.73. The number of rotatable bonds is 1. The molecule has 0 bridgehead atoms. The van der Waals surface area contributed by atoms with Gasteiger partial charge in [0.1, 0.15) is 5.75 Å². The molecule has 0 spiro atoms. The van der Waals surface area contributed by atoms with Crippen LogP contribution in [0, 0.1) is 0 Å². The highest BCUT2D eigenvalue weighted by Gasteiger charge is 1.89. The quantitative estimate of drug-likeness (QED) is 0.602. The van der Waals surface area contributed by atoms with Crippen molar-refractivity contribution in [3.8, 4) is 5.75 Å². The Hall–Kier alpha value is -1.24. The van der Waals surface area contributed by atoms with Gasteiger partial charge in [0.05, 0.1) is 1.37 Å². The Kier molecular flexibility index (Phi) is 1.21. The summed E-state index contributed by atoms with van der Waals surface area (Å²) in [4.78, 5) is 0. The Morgan fingerprint density at radius 1 is 1.56 bits per heavy atom. The summed E-state index contributed by atoms with van der Waals surface area (Å²) in [6.45, 7) is 1.15. The molecule has 1 aromatic rings. The first kappa shape index (κ1) is 4.62. The molecule has 0 aliphatic heterocycles. The predicted molar refractivity (Wildman–Crippen MR) is 38.2 cm³/mol. The molecule has 46 valence electrons. The van der Waals surface area contributed by atoms with Crippen LogP contribution in [0.5, 0.6) is 5.75 Å². The van der Waals surface area contributed by atoms with E-state index in [0.29, 0.717) is 5.56 Å². The molecular weight excluding hydrogens is 112 g/mol. The summed E-state index contributed by atoms with van der Waals surface area (Å²) in [5, 5.41) is 9.11. The molecule has 0 fully saturated rings. The van der Waals surface area contributed by atoms with E-state index in [0.717, 1.165) is 6.55 Å². The maximum absolute atomic E-state index is 9.11. The van der Waals surface area contributed by atoms with Crippen LogP contribution in [0.25, 0.3) is 6.08 Å². The summed E-state index contributed by atoms with van der Waals surface area (Å²) in [5.74, 6) is 0.214. The molecule has 0 atom stereocenters. The highest BCUT2D eigenvalue weighted by atomic mass is 16.3. The molecule has 0 saturated heterocycles. The minimum atomic E-state index is 0.214. The van der Waals surface area contributed by atoms with Crippen molar-refractivity contribution >= 4 is 6.08 Å². The van der Waals surface area contributed by atoms with Gasteiger partial charge in [-0.05, 0) is 6.07 Å². The van der Waals surface area contributed by atoms with Gasteiger partial charge in [0.2, 0.25) is 0 Å². The van der Waals surface area contributed by atoms with Crippen LogP contribution in [0.3, 0.4) is 0 Å². The monoisotopic (exact) mass is 121 g/mol. The van der Waals surface area contributed by atoms with Crippen LogP contribution >= 0.6 is 0 Å². The summed E-state index contributed by atoms with van der Waals surface area (Å²) in [6, 6.07) is 6.90. The van der Waals surface area contributed by atoms with E-state index in [9.17, 15) is 0 Å². The third-order valence-electron chi connectivity index (χ3n) is 1.12. The van der Waals surface area contributed by atoms with Crippen molar-refractivity contribution in [3.63, 3.8) is 0 Å². The van der Waals surface area contributed by atoms with Gasteiger partial charge in [-0.2, -0.15) is 0 Å². The van der Waals surface area contributed by atoms with Gasteiger partial charge in [-0.25, -0.2) is 0 Å². The van der Waals surface area contributed by atoms with Crippen molar-refractivity contribution in [1.82, 2.24) is 0 Å². The summed E-state index contributed by atoms with van der Waals surface area (Å²) in [6.07, 6.45) is 1.54. The van der Waals surface area contributed by atoms with E-state index >= 15 is 0 Å². The molecule has 9 heavy (non-hydrogen) atoms. The zero-order valence-electron chi connectivity index (χ0n) is 5.91. The fourth-order valence-corrected chi connectivity index (χ4v) is 0.628. The second-order valence-electron chi connectivity index (χ2n) is 1.73. The summed E-state index contributed by atoms with van der Waals surface area (Å²) in [7, 11) is 0. The fraction of sp³-hybridized carbons (Fsp3) is 0. The first-order valence-electron chi connectivity index (χ1n) is 3.25. The first-order valence-corrected chi connectivity index (χ1v) is 2.67. The van der Waals surface area contributed by atoms with Gasteiger partial charge < -0.3 is 5.11 Å². The van der Waals surface area contributed by atoms with E-state index in [-0.39, 0.29) is 5.75 Å². The minimum absolute atomic E-state index is 0.214. The number of benzene rings is 1. The van der Waals surface area contributed by atoms with Gasteiger partial charge in [-0.15, -0.1) is 0 Å². The third kappa shape index (κ3) is 1.11. The molecule has 1 aromatic carbocycles. The minimum Gasteiger partial charge on any atom is -0.507 e. The average Bonchev–Trinajstić information content (AvgIpc) is 1.94. The average molecular weight is 121 g/mol. The smallest absolute Gasteiger partial charge is 0.122 e. The van der Waals surface area contributed by atoms with Crippen LogP contribution in [0.1, 0.15) is 6.93 Å². The summed E-state index contributed by atoms with van der Waals surface area (Å²) < 4.78 is 6.75. The van der Waals surface area contributed by atoms with Gasteiger partial charge in [0.25, 0.3) is 0 Å². The lowest BCUT2D eigenvalue weighted by Gasteiger charge is -1.93. The van der Waals surface area contributed by atoms with Crippen LogP contribution in [0.15, 0.2) is 30.8 Å². The zero-order valence-corrected chi connectivity index (χ0v) is 4.91. The SMILES string of the molecule is [2H]C=Cc1ccccc1O. The highest BCUT2D eigenvalue weighted by molar-refractivity contribution is 5.54. The molecular formula is C8H8O. The van der Waals surface area contributed by atoms with Crippen LogP contribution in [-0.2, 0) is 0 Å². The zero-order chi connectivity index (χ0) is 7.40. The topological polar surface area (TPSA) is 20.2 Å². The van der Waals surface area contributed by atoms with Gasteiger partial charge >= 0.3 is 0 Å². The number of para-hydroxylation sites is 1. The Bertz CT molecular complexity index is 243. The van der Waals surface area contributed by atoms with Crippen molar-refractivity contribution in [2.24, 2.45) is 0 Å². The fourth-order valence-electron chi connectivity index (χ4n) is 0.628. The lowest BCUT2D eigenvalue weighted by atomic mass is 10.2. The summed E-state index contributed by atoms with van der Waals surface area (Å²) >= 11 is 0. The third-order valence-corrected chi connectivity index (χ3v) is 1.12. The van der Waals surface area contributed by atoms with Crippen molar-refractivity contribution in [1.29, 1.82) is 0 Å². The van der Waals surface area contributed by atoms with Crippen molar-refractivity contribution in [2.45, 2.75) is 0 Å². The van der Waals surface area contributed by atoms with Crippen LogP contribution < -0.4 is 0 Å². The molecule has 0 amide bonds. The molecule has 0 saturated carbocycles. The van der Waals surface area contributed by atoms with Crippen LogP contribution in [-0.4, -0.2) is 5.11 Å². The van der Waals surface area contributed by atoms with Gasteiger partial charge in [-0.1, -0.05) is 30.8 Å². The molecule has 1 N–H and O–H groups in total. The van der Waals surface area contributed by atoms with Crippen molar-refractivity contribution in [2.75, 3.05) is 0 Å². The van der Waals surface area contributed by atoms with Gasteiger partial charge in [0.15, 0.2) is 0 Å². The number of phenols is 1. The lowest BCUT2D eigenvalue weighted by molar-refractivity contribution is 0.474. The number of hydrogen-bond acceptors (Lipinski definition) is 1. The van der Waals surface area contributed by atoms with E-state index in [2.05, 4.69) is 0 Å². The second kappa shape index (κ2) is 2.35. The molecule has 0 aliphatic carbocycles. The number of aromatic hydroxyl groups is 1. The number of phenolic OH excluding ortho intramolecular Hbond substituents is 1. The Balaban J connectivity index is 3.03. The molecule has 0 aliphatic rings. The standard InChI is InChI=1S/C8H8O/c1-2-7-5-3-4-6-8(7)9/h2-6,9H,1H2/i1D. The van der Waals surface area contributed by atoms with Crippen molar-refractivity contribution in [3.05, 3.63) is 36.4 Å². The van der Waals surface area contributed by atoms with E-state index in [1.54, 1.807) is 18.2 Å².